The van der Waals surface area contributed by atoms with Gasteiger partial charge in [-0.05, 0) is 67.8 Å². The molecule has 4 aliphatic rings. The summed E-state index contributed by atoms with van der Waals surface area (Å²) < 4.78 is 49.8. The van der Waals surface area contributed by atoms with E-state index in [1.165, 1.54) is 24.0 Å². The molecule has 2 unspecified atom stereocenters. The van der Waals surface area contributed by atoms with Crippen LogP contribution < -0.4 is 10.1 Å². The summed E-state index contributed by atoms with van der Waals surface area (Å²) >= 11 is 0. The summed E-state index contributed by atoms with van der Waals surface area (Å²) in [5, 5.41) is 2.59. The highest BCUT2D eigenvalue weighted by Crippen LogP contribution is 2.52. The molecule has 2 aliphatic heterocycles. The highest BCUT2D eigenvalue weighted by Gasteiger charge is 2.57. The fourth-order valence-corrected chi connectivity index (χ4v) is 6.01. The van der Waals surface area contributed by atoms with Crippen molar-refractivity contribution in [3.8, 4) is 5.75 Å². The zero-order valence-corrected chi connectivity index (χ0v) is 17.7. The van der Waals surface area contributed by atoms with Gasteiger partial charge in [0.15, 0.2) is 0 Å². The molecular weight excluding hydrogens is 409 g/mol. The van der Waals surface area contributed by atoms with Crippen LogP contribution >= 0.6 is 0 Å². The monoisotopic (exact) mass is 438 g/mol. The number of likely N-dealkylation sites (tertiary alicyclic amines) is 1. The van der Waals surface area contributed by atoms with Gasteiger partial charge >= 0.3 is 6.18 Å². The molecule has 0 aromatic heterocycles. The van der Waals surface area contributed by atoms with Crippen LogP contribution in [-0.4, -0.2) is 62.0 Å². The minimum Gasteiger partial charge on any atom is -0.497 e. The van der Waals surface area contributed by atoms with Gasteiger partial charge in [-0.2, -0.15) is 13.2 Å². The number of carbonyl (C=O) groups excluding carboxylic acids is 1. The quantitative estimate of drug-likeness (QED) is 0.767. The summed E-state index contributed by atoms with van der Waals surface area (Å²) in [6.45, 7) is 2.29. The summed E-state index contributed by atoms with van der Waals surface area (Å²) in [5.74, 6) is 0.567. The Bertz CT molecular complexity index is 857. The van der Waals surface area contributed by atoms with E-state index >= 15 is 0 Å². The van der Waals surface area contributed by atoms with Crippen molar-refractivity contribution in [1.29, 1.82) is 0 Å². The van der Waals surface area contributed by atoms with E-state index in [4.69, 9.17) is 9.47 Å². The molecule has 31 heavy (non-hydrogen) atoms. The Kier molecular flexibility index (Phi) is 5.20. The average molecular weight is 438 g/mol. The molecule has 1 amide bonds. The van der Waals surface area contributed by atoms with Crippen LogP contribution in [0.4, 0.5) is 13.2 Å². The lowest BCUT2D eigenvalue weighted by Gasteiger charge is -2.59. The molecule has 8 heteroatoms. The first-order valence-corrected chi connectivity index (χ1v) is 11.2. The number of hydrogen-bond acceptors (Lipinski definition) is 4. The van der Waals surface area contributed by atoms with Gasteiger partial charge in [0, 0.05) is 18.0 Å². The minimum atomic E-state index is -4.51. The fourth-order valence-electron chi connectivity index (χ4n) is 6.01. The molecule has 0 radical (unpaired) electrons. The van der Waals surface area contributed by atoms with Crippen molar-refractivity contribution in [1.82, 2.24) is 10.2 Å². The topological polar surface area (TPSA) is 50.8 Å². The first-order valence-electron chi connectivity index (χ1n) is 11.2. The van der Waals surface area contributed by atoms with Gasteiger partial charge in [-0.15, -0.1) is 0 Å². The molecule has 0 spiro atoms. The van der Waals surface area contributed by atoms with Crippen molar-refractivity contribution in [2.75, 3.05) is 26.8 Å². The number of methoxy groups -OCH3 is 1. The molecule has 3 fully saturated rings. The van der Waals surface area contributed by atoms with E-state index in [0.29, 0.717) is 6.42 Å². The smallest absolute Gasteiger partial charge is 0.397 e. The minimum absolute atomic E-state index is 0.0182. The summed E-state index contributed by atoms with van der Waals surface area (Å²) in [7, 11) is 1.64. The Labute approximate surface area is 180 Å². The molecule has 170 valence electrons. The van der Waals surface area contributed by atoms with Crippen LogP contribution in [0.15, 0.2) is 18.2 Å². The van der Waals surface area contributed by atoms with E-state index in [1.54, 1.807) is 7.11 Å². The van der Waals surface area contributed by atoms with E-state index in [2.05, 4.69) is 22.3 Å². The molecule has 1 aromatic rings. The third-order valence-corrected chi connectivity index (χ3v) is 7.49. The Hall–Kier alpha value is -1.80. The third-order valence-electron chi connectivity index (χ3n) is 7.49. The van der Waals surface area contributed by atoms with Crippen LogP contribution in [0.5, 0.6) is 5.75 Å². The number of halogens is 3. The van der Waals surface area contributed by atoms with Crippen molar-refractivity contribution < 1.29 is 27.4 Å². The number of benzene rings is 1. The maximum Gasteiger partial charge on any atom is 0.397 e. The van der Waals surface area contributed by atoms with Gasteiger partial charge in [0.1, 0.15) is 12.2 Å². The lowest BCUT2D eigenvalue weighted by Crippen LogP contribution is -2.68. The highest BCUT2D eigenvalue weighted by molar-refractivity contribution is 5.77. The Morgan fingerprint density at radius 3 is 2.87 bits per heavy atom. The molecule has 2 saturated heterocycles. The Balaban J connectivity index is 1.44. The van der Waals surface area contributed by atoms with Crippen molar-refractivity contribution in [3.05, 3.63) is 29.3 Å². The molecule has 1 N–H and O–H groups in total. The summed E-state index contributed by atoms with van der Waals surface area (Å²) in [6.07, 6.45) is -1.03. The van der Waals surface area contributed by atoms with Gasteiger partial charge in [0.05, 0.1) is 25.9 Å². The molecule has 2 aliphatic carbocycles. The van der Waals surface area contributed by atoms with Gasteiger partial charge in [0.25, 0.3) is 0 Å². The summed E-state index contributed by atoms with van der Waals surface area (Å²) in [4.78, 5) is 14.5. The van der Waals surface area contributed by atoms with Crippen LogP contribution in [0, 0.1) is 5.92 Å². The van der Waals surface area contributed by atoms with E-state index in [0.717, 1.165) is 37.6 Å². The number of alkyl halides is 3. The molecule has 4 atom stereocenters. The van der Waals surface area contributed by atoms with Crippen LogP contribution in [0.3, 0.4) is 0 Å². The van der Waals surface area contributed by atoms with Crippen molar-refractivity contribution in [3.63, 3.8) is 0 Å². The van der Waals surface area contributed by atoms with Crippen LogP contribution in [0.1, 0.15) is 43.2 Å². The van der Waals surface area contributed by atoms with Crippen molar-refractivity contribution in [2.45, 2.75) is 68.3 Å². The number of carbonyl (C=O) groups is 1. The summed E-state index contributed by atoms with van der Waals surface area (Å²) in [5.41, 5.74) is 2.11. The first-order chi connectivity index (χ1) is 14.8. The number of amides is 1. The maximum atomic E-state index is 12.7. The molecular formula is C23H29F3N2O3. The second-order valence-corrected chi connectivity index (χ2v) is 9.65. The predicted octanol–water partition coefficient (Wildman–Crippen LogP) is 3.20. The second-order valence-electron chi connectivity index (χ2n) is 9.65. The maximum absolute atomic E-state index is 12.7. The Morgan fingerprint density at radius 2 is 2.16 bits per heavy atom. The average Bonchev–Trinajstić information content (AvgIpc) is 3.52. The number of hydrogen-bond donors (Lipinski definition) is 1. The van der Waals surface area contributed by atoms with Gasteiger partial charge in [-0.25, -0.2) is 0 Å². The number of nitrogens with zero attached hydrogens (tertiary/aromatic N) is 1. The number of nitrogens with one attached hydrogen (secondary N) is 1. The standard InChI is InChI=1S/C23H29F3N2O3/c1-30-17-5-4-15-8-19-21-22(18(15)9-17,6-7-28(19)12-14-2-3-14)10-16(13-31-21)27-20(29)11-23(24,25)26/h4-5,9,14,16,19,21H,2-3,6-8,10-13H2,1H3,(H,27,29)/t16?,19-,21?,22-/m0/s1. The van der Waals surface area contributed by atoms with Gasteiger partial charge in [0.2, 0.25) is 5.91 Å². The van der Waals surface area contributed by atoms with E-state index < -0.39 is 24.5 Å². The molecule has 2 bridgehead atoms. The van der Waals surface area contributed by atoms with Crippen LogP contribution in [0.25, 0.3) is 0 Å². The third kappa shape index (κ3) is 4.04. The van der Waals surface area contributed by atoms with Gasteiger partial charge < -0.3 is 14.8 Å². The zero-order chi connectivity index (χ0) is 21.8. The molecule has 5 nitrogen and oxygen atoms in total. The van der Waals surface area contributed by atoms with Gasteiger partial charge in [-0.1, -0.05) is 6.07 Å². The molecule has 5 rings (SSSR count). The van der Waals surface area contributed by atoms with Crippen molar-refractivity contribution >= 4 is 5.91 Å². The SMILES string of the molecule is COc1ccc2c(c1)[C@@]13CCN(CC4CC4)[C@@H](C2)C1OCC(NC(=O)CC(F)(F)F)C3. The summed E-state index contributed by atoms with van der Waals surface area (Å²) in [6, 6.07) is 5.99. The Morgan fingerprint density at radius 1 is 1.35 bits per heavy atom. The molecule has 1 aromatic carbocycles. The lowest BCUT2D eigenvalue weighted by atomic mass is 9.58. The zero-order valence-electron chi connectivity index (χ0n) is 17.7. The molecule has 1 saturated carbocycles. The predicted molar refractivity (Wildman–Crippen MR) is 108 cm³/mol. The van der Waals surface area contributed by atoms with E-state index in [-0.39, 0.29) is 24.2 Å². The van der Waals surface area contributed by atoms with Gasteiger partial charge in [-0.3, -0.25) is 9.69 Å². The van der Waals surface area contributed by atoms with Crippen LogP contribution in [-0.2, 0) is 21.4 Å². The lowest BCUT2D eigenvalue weighted by molar-refractivity contribution is -0.159. The fraction of sp³-hybridized carbons (Fsp3) is 0.696. The second kappa shape index (κ2) is 7.66. The number of fused-ring (bicyclic) bond motifs is 1. The van der Waals surface area contributed by atoms with Crippen molar-refractivity contribution in [2.24, 2.45) is 5.92 Å². The largest absolute Gasteiger partial charge is 0.497 e. The number of piperidine rings is 1. The normalized spacial score (nSPS) is 32.7. The number of rotatable bonds is 5. The van der Waals surface area contributed by atoms with Crippen LogP contribution in [0.2, 0.25) is 0 Å². The highest BCUT2D eigenvalue weighted by atomic mass is 19.4. The van der Waals surface area contributed by atoms with E-state index in [9.17, 15) is 18.0 Å². The molecule has 2 heterocycles. The van der Waals surface area contributed by atoms with E-state index in [1.807, 2.05) is 6.07 Å². The first kappa shape index (κ1) is 21.1. The number of ether oxygens (including phenoxy) is 2.